The lowest BCUT2D eigenvalue weighted by molar-refractivity contribution is -0.137. The number of alkyl halides is 3. The van der Waals surface area contributed by atoms with Crippen LogP contribution < -0.4 is 14.4 Å². The molecule has 1 saturated heterocycles. The van der Waals surface area contributed by atoms with Crippen molar-refractivity contribution in [1.29, 1.82) is 0 Å². The van der Waals surface area contributed by atoms with E-state index in [1.165, 1.54) is 29.0 Å². The molecule has 2 heterocycles. The van der Waals surface area contributed by atoms with Crippen LogP contribution in [-0.4, -0.2) is 37.1 Å². The molecular weight excluding hydrogens is 401 g/mol. The van der Waals surface area contributed by atoms with Gasteiger partial charge in [0.1, 0.15) is 0 Å². The fourth-order valence-electron chi connectivity index (χ4n) is 3.69. The van der Waals surface area contributed by atoms with Gasteiger partial charge in [-0.05, 0) is 29.8 Å². The van der Waals surface area contributed by atoms with Gasteiger partial charge in [-0.15, -0.1) is 0 Å². The zero-order valence-corrected chi connectivity index (χ0v) is 16.1. The maximum Gasteiger partial charge on any atom is 0.416 e. The molecule has 2 amide bonds. The summed E-state index contributed by atoms with van der Waals surface area (Å²) in [7, 11) is 1.52. The molecule has 1 fully saturated rings. The summed E-state index contributed by atoms with van der Waals surface area (Å²) in [5.41, 5.74) is 0.226. The van der Waals surface area contributed by atoms with Crippen molar-refractivity contribution in [2.45, 2.75) is 19.1 Å². The summed E-state index contributed by atoms with van der Waals surface area (Å²) in [6.07, 6.45) is -4.40. The average molecular weight is 420 g/mol. The Bertz CT molecular complexity index is 992. The maximum atomic E-state index is 12.9. The molecule has 0 spiro atoms. The highest BCUT2D eigenvalue weighted by Crippen LogP contribution is 2.37. The second-order valence-corrected chi connectivity index (χ2v) is 7.34. The molecule has 2 aromatic carbocycles. The van der Waals surface area contributed by atoms with Crippen molar-refractivity contribution >= 4 is 17.5 Å². The van der Waals surface area contributed by atoms with Crippen molar-refractivity contribution in [2.75, 3.05) is 25.3 Å². The molecule has 158 valence electrons. The topological polar surface area (TPSA) is 59.1 Å². The highest BCUT2D eigenvalue weighted by molar-refractivity contribution is 6.00. The summed E-state index contributed by atoms with van der Waals surface area (Å²) < 4.78 is 49.3. The van der Waals surface area contributed by atoms with Crippen molar-refractivity contribution in [1.82, 2.24) is 4.90 Å². The number of carbonyl (C=O) groups excluding carboxylic acids is 2. The SMILES string of the molecule is CN(Cc1cccc(C(F)(F)F)c1)C(=O)C1CC(=O)N(c2ccc3c(c2)OCO3)C1. The van der Waals surface area contributed by atoms with E-state index >= 15 is 0 Å². The van der Waals surface area contributed by atoms with Gasteiger partial charge in [-0.25, -0.2) is 0 Å². The quantitative estimate of drug-likeness (QED) is 0.761. The summed E-state index contributed by atoms with van der Waals surface area (Å²) >= 11 is 0. The monoisotopic (exact) mass is 420 g/mol. The second-order valence-electron chi connectivity index (χ2n) is 7.34. The normalized spacial score (nSPS) is 18.1. The van der Waals surface area contributed by atoms with E-state index in [1.54, 1.807) is 18.2 Å². The molecule has 2 aliphatic heterocycles. The van der Waals surface area contributed by atoms with Crippen LogP contribution in [0.2, 0.25) is 0 Å². The molecule has 1 unspecified atom stereocenters. The number of anilines is 1. The molecule has 0 bridgehead atoms. The number of halogens is 3. The first-order valence-corrected chi connectivity index (χ1v) is 9.33. The third-order valence-corrected chi connectivity index (χ3v) is 5.19. The number of hydrogen-bond donors (Lipinski definition) is 0. The summed E-state index contributed by atoms with van der Waals surface area (Å²) in [5.74, 6) is 0.0815. The lowest BCUT2D eigenvalue weighted by Gasteiger charge is -2.22. The minimum absolute atomic E-state index is 0.0253. The number of carbonyl (C=O) groups is 2. The van der Waals surface area contributed by atoms with Crippen LogP contribution >= 0.6 is 0 Å². The second kappa shape index (κ2) is 7.55. The Morgan fingerprint density at radius 2 is 1.93 bits per heavy atom. The lowest BCUT2D eigenvalue weighted by Crippen LogP contribution is -2.34. The summed E-state index contributed by atoms with van der Waals surface area (Å²) in [6, 6.07) is 10.0. The zero-order chi connectivity index (χ0) is 21.5. The first kappa shape index (κ1) is 20.1. The first-order chi connectivity index (χ1) is 14.2. The predicted octanol–water partition coefficient (Wildman–Crippen LogP) is 3.45. The zero-order valence-electron chi connectivity index (χ0n) is 16.1. The highest BCUT2D eigenvalue weighted by Gasteiger charge is 2.37. The molecule has 6 nitrogen and oxygen atoms in total. The van der Waals surface area contributed by atoms with E-state index in [4.69, 9.17) is 9.47 Å². The van der Waals surface area contributed by atoms with E-state index in [2.05, 4.69) is 0 Å². The third kappa shape index (κ3) is 3.92. The van der Waals surface area contributed by atoms with Gasteiger partial charge in [-0.2, -0.15) is 13.2 Å². The molecule has 0 aromatic heterocycles. The molecule has 0 radical (unpaired) electrons. The first-order valence-electron chi connectivity index (χ1n) is 9.33. The van der Waals surface area contributed by atoms with Gasteiger partial charge in [-0.3, -0.25) is 9.59 Å². The Morgan fingerprint density at radius 3 is 2.70 bits per heavy atom. The molecule has 0 saturated carbocycles. The summed E-state index contributed by atoms with van der Waals surface area (Å²) in [6.45, 7) is 0.343. The number of hydrogen-bond acceptors (Lipinski definition) is 4. The molecular formula is C21H19F3N2O4. The Kier molecular flexibility index (Phi) is 5.05. The molecule has 1 atom stereocenters. The standard InChI is InChI=1S/C21H19F3N2O4/c1-25(10-13-3-2-4-15(7-13)21(22,23)24)20(28)14-8-19(27)26(11-14)16-5-6-17-18(9-16)30-12-29-17/h2-7,9,14H,8,10-12H2,1H3. The summed E-state index contributed by atoms with van der Waals surface area (Å²) in [5, 5.41) is 0. The number of fused-ring (bicyclic) bond motifs is 1. The molecule has 9 heteroatoms. The Labute approximate surface area is 170 Å². The van der Waals surface area contributed by atoms with Gasteiger partial charge in [0.2, 0.25) is 18.6 Å². The van der Waals surface area contributed by atoms with Crippen LogP contribution in [0.1, 0.15) is 17.5 Å². The van der Waals surface area contributed by atoms with Crippen LogP contribution in [-0.2, 0) is 22.3 Å². The highest BCUT2D eigenvalue weighted by atomic mass is 19.4. The van der Waals surface area contributed by atoms with E-state index < -0.39 is 17.7 Å². The number of rotatable bonds is 4. The van der Waals surface area contributed by atoms with E-state index in [1.807, 2.05) is 0 Å². The fraction of sp³-hybridized carbons (Fsp3) is 0.333. The number of amides is 2. The predicted molar refractivity (Wildman–Crippen MR) is 101 cm³/mol. The lowest BCUT2D eigenvalue weighted by atomic mass is 10.1. The molecule has 2 aliphatic rings. The van der Waals surface area contributed by atoms with Crippen molar-refractivity contribution < 1.29 is 32.2 Å². The summed E-state index contributed by atoms with van der Waals surface area (Å²) in [4.78, 5) is 28.2. The van der Waals surface area contributed by atoms with Crippen molar-refractivity contribution in [2.24, 2.45) is 5.92 Å². The Balaban J connectivity index is 1.43. The largest absolute Gasteiger partial charge is 0.454 e. The third-order valence-electron chi connectivity index (χ3n) is 5.19. The number of benzene rings is 2. The Morgan fingerprint density at radius 1 is 1.17 bits per heavy atom. The van der Waals surface area contributed by atoms with E-state index in [9.17, 15) is 22.8 Å². The van der Waals surface area contributed by atoms with Crippen LogP contribution in [0.3, 0.4) is 0 Å². The molecule has 30 heavy (non-hydrogen) atoms. The van der Waals surface area contributed by atoms with E-state index in [-0.39, 0.29) is 38.1 Å². The van der Waals surface area contributed by atoms with Gasteiger partial charge in [0.25, 0.3) is 0 Å². The van der Waals surface area contributed by atoms with Crippen molar-refractivity contribution in [3.8, 4) is 11.5 Å². The Hall–Kier alpha value is -3.23. The van der Waals surface area contributed by atoms with Gasteiger partial charge < -0.3 is 19.3 Å². The molecule has 2 aromatic rings. The van der Waals surface area contributed by atoms with Crippen LogP contribution in [0.5, 0.6) is 11.5 Å². The van der Waals surface area contributed by atoms with Crippen LogP contribution in [0.4, 0.5) is 18.9 Å². The van der Waals surface area contributed by atoms with Gasteiger partial charge in [-0.1, -0.05) is 12.1 Å². The van der Waals surface area contributed by atoms with Crippen LogP contribution in [0, 0.1) is 5.92 Å². The maximum absolute atomic E-state index is 12.9. The number of ether oxygens (including phenoxy) is 2. The minimum atomic E-state index is -4.44. The smallest absolute Gasteiger partial charge is 0.416 e. The van der Waals surface area contributed by atoms with E-state index in [0.717, 1.165) is 12.1 Å². The van der Waals surface area contributed by atoms with Crippen LogP contribution in [0.15, 0.2) is 42.5 Å². The average Bonchev–Trinajstić information content (AvgIpc) is 3.32. The molecule has 0 N–H and O–H groups in total. The number of nitrogens with zero attached hydrogens (tertiary/aromatic N) is 2. The van der Waals surface area contributed by atoms with Crippen molar-refractivity contribution in [3.63, 3.8) is 0 Å². The van der Waals surface area contributed by atoms with Crippen molar-refractivity contribution in [3.05, 3.63) is 53.6 Å². The van der Waals surface area contributed by atoms with E-state index in [0.29, 0.717) is 22.7 Å². The van der Waals surface area contributed by atoms with Gasteiger partial charge in [0, 0.05) is 38.3 Å². The van der Waals surface area contributed by atoms with Gasteiger partial charge >= 0.3 is 6.18 Å². The van der Waals surface area contributed by atoms with Gasteiger partial charge in [0.15, 0.2) is 11.5 Å². The fourth-order valence-corrected chi connectivity index (χ4v) is 3.69. The van der Waals surface area contributed by atoms with Gasteiger partial charge in [0.05, 0.1) is 11.5 Å². The van der Waals surface area contributed by atoms with Crippen LogP contribution in [0.25, 0.3) is 0 Å². The molecule has 4 rings (SSSR count). The molecule has 0 aliphatic carbocycles. The minimum Gasteiger partial charge on any atom is -0.454 e.